The summed E-state index contributed by atoms with van der Waals surface area (Å²) in [5.74, 6) is -0.0883. The number of nitrogens with one attached hydrogen (secondary N) is 1. The molecule has 0 unspecified atom stereocenters. The molecule has 3 N–H and O–H groups in total. The Hall–Kier alpha value is -1.27. The number of hydrogen-bond acceptors (Lipinski definition) is 3. The van der Waals surface area contributed by atoms with Crippen molar-refractivity contribution in [2.45, 2.75) is 26.4 Å². The molecule has 6 heteroatoms. The third-order valence-corrected chi connectivity index (χ3v) is 4.29. The fourth-order valence-electron chi connectivity index (χ4n) is 1.85. The van der Waals surface area contributed by atoms with Crippen LogP contribution in [0.25, 0.3) is 0 Å². The van der Waals surface area contributed by atoms with Gasteiger partial charge < -0.3 is 15.6 Å². The molecule has 1 amide bonds. The normalized spacial score (nSPS) is 10.6. The lowest BCUT2D eigenvalue weighted by molar-refractivity contribution is 0.0942. The van der Waals surface area contributed by atoms with Crippen LogP contribution in [0.4, 0.5) is 5.69 Å². The summed E-state index contributed by atoms with van der Waals surface area (Å²) >= 11 is 5.02. The third-order valence-electron chi connectivity index (χ3n) is 2.67. The van der Waals surface area contributed by atoms with Gasteiger partial charge in [-0.1, -0.05) is 6.92 Å². The zero-order chi connectivity index (χ0) is 13.8. The standard InChI is InChI=1S/C13H16BrN3OS/c1-2-5-17-8-9(15)6-11(17)13(18)16-7-10-3-4-12(14)19-10/h3-4,6,8H,2,5,7,15H2,1H3,(H,16,18). The van der Waals surface area contributed by atoms with E-state index in [4.69, 9.17) is 5.73 Å². The Bertz CT molecular complexity index is 576. The number of hydrogen-bond donors (Lipinski definition) is 2. The predicted octanol–water partition coefficient (Wildman–Crippen LogP) is 3.23. The minimum atomic E-state index is -0.0883. The zero-order valence-corrected chi connectivity index (χ0v) is 13.1. The average Bonchev–Trinajstić information content (AvgIpc) is 2.93. The number of carbonyl (C=O) groups is 1. The monoisotopic (exact) mass is 341 g/mol. The van der Waals surface area contributed by atoms with Crippen molar-refractivity contribution in [2.75, 3.05) is 5.73 Å². The van der Waals surface area contributed by atoms with Crippen LogP contribution in [0, 0.1) is 0 Å². The average molecular weight is 342 g/mol. The number of nitrogen functional groups attached to an aromatic ring is 1. The van der Waals surface area contributed by atoms with Crippen LogP contribution in [-0.2, 0) is 13.1 Å². The van der Waals surface area contributed by atoms with E-state index in [1.165, 1.54) is 0 Å². The number of rotatable bonds is 5. The molecular formula is C13H16BrN3OS. The maximum atomic E-state index is 12.1. The molecule has 0 saturated carbocycles. The van der Waals surface area contributed by atoms with Crippen LogP contribution < -0.4 is 11.1 Å². The summed E-state index contributed by atoms with van der Waals surface area (Å²) in [5, 5.41) is 2.91. The molecule has 0 aromatic carbocycles. The first-order chi connectivity index (χ1) is 9.10. The van der Waals surface area contributed by atoms with Crippen molar-refractivity contribution in [1.29, 1.82) is 0 Å². The van der Waals surface area contributed by atoms with Crippen molar-refractivity contribution in [3.05, 3.63) is 38.8 Å². The molecule has 2 aromatic rings. The second-order valence-electron chi connectivity index (χ2n) is 4.24. The summed E-state index contributed by atoms with van der Waals surface area (Å²) < 4.78 is 2.96. The van der Waals surface area contributed by atoms with Gasteiger partial charge in [0.2, 0.25) is 0 Å². The van der Waals surface area contributed by atoms with Gasteiger partial charge in [-0.3, -0.25) is 4.79 Å². The van der Waals surface area contributed by atoms with Crippen LogP contribution in [0.15, 0.2) is 28.2 Å². The number of halogens is 1. The first-order valence-electron chi connectivity index (χ1n) is 6.08. The van der Waals surface area contributed by atoms with Crippen LogP contribution in [0.1, 0.15) is 28.7 Å². The molecule has 0 fully saturated rings. The Balaban J connectivity index is 2.03. The van der Waals surface area contributed by atoms with Crippen molar-refractivity contribution in [3.8, 4) is 0 Å². The quantitative estimate of drug-likeness (QED) is 0.876. The zero-order valence-electron chi connectivity index (χ0n) is 10.6. The molecule has 0 spiro atoms. The van der Waals surface area contributed by atoms with Gasteiger partial charge in [-0.15, -0.1) is 11.3 Å². The molecule has 102 valence electrons. The van der Waals surface area contributed by atoms with E-state index in [9.17, 15) is 4.79 Å². The van der Waals surface area contributed by atoms with Gasteiger partial charge in [-0.25, -0.2) is 0 Å². The lowest BCUT2D eigenvalue weighted by Crippen LogP contribution is -2.25. The van der Waals surface area contributed by atoms with E-state index in [0.29, 0.717) is 17.9 Å². The molecule has 4 nitrogen and oxygen atoms in total. The lowest BCUT2D eigenvalue weighted by Gasteiger charge is -2.07. The molecule has 0 aliphatic carbocycles. The predicted molar refractivity (Wildman–Crippen MR) is 82.3 cm³/mol. The van der Waals surface area contributed by atoms with Crippen molar-refractivity contribution in [3.63, 3.8) is 0 Å². The summed E-state index contributed by atoms with van der Waals surface area (Å²) in [6, 6.07) is 5.69. The van der Waals surface area contributed by atoms with E-state index >= 15 is 0 Å². The number of anilines is 1. The highest BCUT2D eigenvalue weighted by Crippen LogP contribution is 2.22. The van der Waals surface area contributed by atoms with Crippen LogP contribution in [0.2, 0.25) is 0 Å². The van der Waals surface area contributed by atoms with Crippen LogP contribution in [0.3, 0.4) is 0 Å². The fraction of sp³-hybridized carbons (Fsp3) is 0.308. The van der Waals surface area contributed by atoms with Crippen LogP contribution in [0.5, 0.6) is 0 Å². The first-order valence-corrected chi connectivity index (χ1v) is 7.69. The maximum Gasteiger partial charge on any atom is 0.268 e. The topological polar surface area (TPSA) is 60.0 Å². The second kappa shape index (κ2) is 6.25. The Kier molecular flexibility index (Phi) is 4.66. The SMILES string of the molecule is CCCn1cc(N)cc1C(=O)NCc1ccc(Br)s1. The summed E-state index contributed by atoms with van der Waals surface area (Å²) in [4.78, 5) is 13.3. The minimum Gasteiger partial charge on any atom is -0.397 e. The van der Waals surface area contributed by atoms with Gasteiger partial charge in [-0.05, 0) is 40.5 Å². The number of thiophene rings is 1. The lowest BCUT2D eigenvalue weighted by atomic mass is 10.3. The van der Waals surface area contributed by atoms with E-state index in [1.807, 2.05) is 16.7 Å². The summed E-state index contributed by atoms with van der Waals surface area (Å²) in [6.45, 7) is 3.40. The summed E-state index contributed by atoms with van der Waals surface area (Å²) in [6.07, 6.45) is 2.77. The number of aryl methyl sites for hydroxylation is 1. The molecule has 0 radical (unpaired) electrons. The first kappa shape index (κ1) is 14.1. The van der Waals surface area contributed by atoms with Crippen molar-refractivity contribution in [2.24, 2.45) is 0 Å². The molecule has 19 heavy (non-hydrogen) atoms. The van der Waals surface area contributed by atoms with Gasteiger partial charge in [0, 0.05) is 17.6 Å². The number of aromatic nitrogens is 1. The van der Waals surface area contributed by atoms with E-state index < -0.39 is 0 Å². The molecule has 2 heterocycles. The smallest absolute Gasteiger partial charge is 0.268 e. The van der Waals surface area contributed by atoms with Gasteiger partial charge in [0.25, 0.3) is 5.91 Å². The largest absolute Gasteiger partial charge is 0.397 e. The van der Waals surface area contributed by atoms with Gasteiger partial charge in [0.1, 0.15) is 5.69 Å². The molecule has 2 aromatic heterocycles. The maximum absolute atomic E-state index is 12.1. The van der Waals surface area contributed by atoms with Crippen LogP contribution in [-0.4, -0.2) is 10.5 Å². The Morgan fingerprint density at radius 3 is 2.95 bits per heavy atom. The molecule has 0 atom stereocenters. The molecule has 0 saturated heterocycles. The number of nitrogens with two attached hydrogens (primary N) is 1. The van der Waals surface area contributed by atoms with Crippen molar-refractivity contribution < 1.29 is 4.79 Å². The van der Waals surface area contributed by atoms with Gasteiger partial charge in [0.15, 0.2) is 0 Å². The van der Waals surface area contributed by atoms with Gasteiger partial charge in [-0.2, -0.15) is 0 Å². The summed E-state index contributed by atoms with van der Waals surface area (Å²) in [7, 11) is 0. The second-order valence-corrected chi connectivity index (χ2v) is 6.79. The Morgan fingerprint density at radius 2 is 2.32 bits per heavy atom. The van der Waals surface area contributed by atoms with E-state index in [-0.39, 0.29) is 5.91 Å². The Labute approximate surface area is 124 Å². The number of amides is 1. The highest BCUT2D eigenvalue weighted by Gasteiger charge is 2.12. The molecule has 0 aliphatic rings. The van der Waals surface area contributed by atoms with Gasteiger partial charge in [0.05, 0.1) is 16.0 Å². The van der Waals surface area contributed by atoms with E-state index in [2.05, 4.69) is 28.2 Å². The number of nitrogens with zero attached hydrogens (tertiary/aromatic N) is 1. The summed E-state index contributed by atoms with van der Waals surface area (Å²) in [5.41, 5.74) is 7.00. The third kappa shape index (κ3) is 3.61. The van der Waals surface area contributed by atoms with Gasteiger partial charge >= 0.3 is 0 Å². The fourth-order valence-corrected chi connectivity index (χ4v) is 3.28. The van der Waals surface area contributed by atoms with Crippen molar-refractivity contribution >= 4 is 38.9 Å². The minimum absolute atomic E-state index is 0.0883. The van der Waals surface area contributed by atoms with Crippen LogP contribution >= 0.6 is 27.3 Å². The van der Waals surface area contributed by atoms with E-state index in [0.717, 1.165) is 21.6 Å². The number of carbonyl (C=O) groups excluding carboxylic acids is 1. The highest BCUT2D eigenvalue weighted by molar-refractivity contribution is 9.11. The highest BCUT2D eigenvalue weighted by atomic mass is 79.9. The molecule has 0 aliphatic heterocycles. The van der Waals surface area contributed by atoms with E-state index in [1.54, 1.807) is 23.6 Å². The molecule has 0 bridgehead atoms. The molecule has 2 rings (SSSR count). The Morgan fingerprint density at radius 1 is 1.53 bits per heavy atom. The molecular weight excluding hydrogens is 326 g/mol. The van der Waals surface area contributed by atoms with Crippen molar-refractivity contribution in [1.82, 2.24) is 9.88 Å².